The van der Waals surface area contributed by atoms with E-state index in [2.05, 4.69) is 25.5 Å². The van der Waals surface area contributed by atoms with Gasteiger partial charge in [0.15, 0.2) is 11.5 Å². The number of aromatic nitrogens is 5. The number of methoxy groups -OCH3 is 3. The fourth-order valence-corrected chi connectivity index (χ4v) is 3.54. The van der Waals surface area contributed by atoms with Gasteiger partial charge in [0.2, 0.25) is 16.3 Å². The van der Waals surface area contributed by atoms with Gasteiger partial charge in [-0.2, -0.15) is 20.0 Å². The fourth-order valence-electron chi connectivity index (χ4n) is 3.36. The smallest absolute Gasteiger partial charge is 0.216 e. The van der Waals surface area contributed by atoms with Crippen molar-refractivity contribution in [3.8, 4) is 28.8 Å². The summed E-state index contributed by atoms with van der Waals surface area (Å²) in [5, 5.41) is 19.1. The Morgan fingerprint density at radius 1 is 1.07 bits per heavy atom. The van der Waals surface area contributed by atoms with Crippen LogP contribution in [0.1, 0.15) is 23.2 Å². The highest BCUT2D eigenvalue weighted by Gasteiger charge is 2.23. The molecule has 1 aliphatic carbocycles. The highest BCUT2D eigenvalue weighted by molar-refractivity contribution is 7.71. The second-order valence-corrected chi connectivity index (χ2v) is 6.64. The number of nitrogens with zero attached hydrogens (tertiary/aromatic N) is 4. The third-order valence-corrected chi connectivity index (χ3v) is 4.94. The van der Waals surface area contributed by atoms with E-state index >= 15 is 0 Å². The summed E-state index contributed by atoms with van der Waals surface area (Å²) in [5.41, 5.74) is 3.88. The number of nitrogens with one attached hydrogen (secondary N) is 2. The summed E-state index contributed by atoms with van der Waals surface area (Å²) in [6.07, 6.45) is 4.74. The van der Waals surface area contributed by atoms with Gasteiger partial charge in [0, 0.05) is 16.8 Å². The van der Waals surface area contributed by atoms with E-state index in [0.717, 1.165) is 36.2 Å². The van der Waals surface area contributed by atoms with Gasteiger partial charge in [0.1, 0.15) is 5.69 Å². The minimum Gasteiger partial charge on any atom is -0.493 e. The molecule has 0 radical (unpaired) electrons. The predicted octanol–water partition coefficient (Wildman–Crippen LogP) is 2.73. The molecule has 0 spiro atoms. The molecular weight excluding hydrogens is 380 g/mol. The molecule has 4 rings (SSSR count). The van der Waals surface area contributed by atoms with Crippen molar-refractivity contribution >= 4 is 18.4 Å². The second-order valence-electron chi connectivity index (χ2n) is 6.25. The second kappa shape index (κ2) is 7.47. The maximum Gasteiger partial charge on any atom is 0.216 e. The zero-order valence-electron chi connectivity index (χ0n) is 15.8. The van der Waals surface area contributed by atoms with Crippen molar-refractivity contribution in [2.75, 3.05) is 21.3 Å². The summed E-state index contributed by atoms with van der Waals surface area (Å²) in [6, 6.07) is 3.61. The normalized spacial score (nSPS) is 13.1. The van der Waals surface area contributed by atoms with E-state index < -0.39 is 0 Å². The van der Waals surface area contributed by atoms with Gasteiger partial charge in [-0.25, -0.2) is 5.10 Å². The summed E-state index contributed by atoms with van der Waals surface area (Å²) >= 11 is 5.35. The van der Waals surface area contributed by atoms with Crippen LogP contribution in [0.5, 0.6) is 17.2 Å². The molecule has 0 fully saturated rings. The predicted molar refractivity (Wildman–Crippen MR) is 106 cm³/mol. The van der Waals surface area contributed by atoms with E-state index in [1.807, 2.05) is 0 Å². The number of aromatic amines is 2. The summed E-state index contributed by atoms with van der Waals surface area (Å²) in [6.45, 7) is 0. The lowest BCUT2D eigenvalue weighted by atomic mass is 10.2. The third kappa shape index (κ3) is 3.05. The molecule has 0 atom stereocenters. The van der Waals surface area contributed by atoms with E-state index in [4.69, 9.17) is 26.4 Å². The Balaban J connectivity index is 1.73. The van der Waals surface area contributed by atoms with E-state index in [1.165, 1.54) is 5.56 Å². The first-order chi connectivity index (χ1) is 13.7. The first-order valence-electron chi connectivity index (χ1n) is 8.74. The van der Waals surface area contributed by atoms with Gasteiger partial charge in [-0.05, 0) is 43.6 Å². The molecule has 0 aliphatic heterocycles. The Kier molecular flexibility index (Phi) is 4.86. The Bertz CT molecular complexity index is 1070. The SMILES string of the molecule is COc1cc(/C=N/n2c(-c3n[nH]c4c3CCC4)n[nH]c2=S)cc(OC)c1OC. The quantitative estimate of drug-likeness (QED) is 0.487. The van der Waals surface area contributed by atoms with Crippen molar-refractivity contribution < 1.29 is 14.2 Å². The molecule has 0 saturated heterocycles. The molecule has 3 aromatic rings. The highest BCUT2D eigenvalue weighted by Crippen LogP contribution is 2.37. The maximum atomic E-state index is 5.39. The zero-order valence-corrected chi connectivity index (χ0v) is 16.6. The van der Waals surface area contributed by atoms with Crippen LogP contribution < -0.4 is 14.2 Å². The molecule has 2 heterocycles. The van der Waals surface area contributed by atoms with Crippen molar-refractivity contribution in [1.82, 2.24) is 25.1 Å². The van der Waals surface area contributed by atoms with Crippen molar-refractivity contribution in [1.29, 1.82) is 0 Å². The zero-order chi connectivity index (χ0) is 19.7. The molecule has 0 saturated carbocycles. The number of benzene rings is 1. The topological polar surface area (TPSA) is 102 Å². The fraction of sp³-hybridized carbons (Fsp3) is 0.333. The average molecular weight is 400 g/mol. The van der Waals surface area contributed by atoms with E-state index in [0.29, 0.717) is 27.8 Å². The lowest BCUT2D eigenvalue weighted by molar-refractivity contribution is 0.324. The lowest BCUT2D eigenvalue weighted by Gasteiger charge is -2.12. The maximum absolute atomic E-state index is 5.39. The molecule has 0 unspecified atom stereocenters. The van der Waals surface area contributed by atoms with Gasteiger partial charge in [0.25, 0.3) is 0 Å². The molecular formula is C18H20N6O3S. The Labute approximate surface area is 166 Å². The third-order valence-electron chi connectivity index (χ3n) is 4.68. The van der Waals surface area contributed by atoms with Crippen molar-refractivity contribution in [2.24, 2.45) is 5.10 Å². The molecule has 2 N–H and O–H groups in total. The average Bonchev–Trinajstić information content (AvgIpc) is 3.41. The number of rotatable bonds is 6. The molecule has 9 nitrogen and oxygen atoms in total. The van der Waals surface area contributed by atoms with E-state index in [1.54, 1.807) is 44.4 Å². The first-order valence-corrected chi connectivity index (χ1v) is 9.15. The minimum atomic E-state index is 0.383. The van der Waals surface area contributed by atoms with Crippen LogP contribution in [0.25, 0.3) is 11.5 Å². The van der Waals surface area contributed by atoms with Gasteiger partial charge in [0.05, 0.1) is 27.5 Å². The molecule has 146 valence electrons. The van der Waals surface area contributed by atoms with Crippen LogP contribution in [0.4, 0.5) is 0 Å². The van der Waals surface area contributed by atoms with E-state index in [-0.39, 0.29) is 0 Å². The molecule has 0 amide bonds. The van der Waals surface area contributed by atoms with Crippen LogP contribution in [0.3, 0.4) is 0 Å². The largest absolute Gasteiger partial charge is 0.493 e. The van der Waals surface area contributed by atoms with Gasteiger partial charge in [-0.1, -0.05) is 0 Å². The summed E-state index contributed by atoms with van der Waals surface area (Å²) < 4.78 is 18.1. The van der Waals surface area contributed by atoms with E-state index in [9.17, 15) is 0 Å². The number of aryl methyl sites for hydroxylation is 1. The molecule has 2 aromatic heterocycles. The monoisotopic (exact) mass is 400 g/mol. The molecule has 1 aromatic carbocycles. The first kappa shape index (κ1) is 18.2. The van der Waals surface area contributed by atoms with Crippen LogP contribution in [0.2, 0.25) is 0 Å². The molecule has 28 heavy (non-hydrogen) atoms. The number of fused-ring (bicyclic) bond motifs is 1. The number of hydrogen-bond donors (Lipinski definition) is 2. The number of H-pyrrole nitrogens is 2. The Hall–Kier alpha value is -3.14. The standard InChI is InChI=1S/C18H20N6O3S/c1-25-13-7-10(8-14(26-2)16(13)27-3)9-19-24-17(22-23-18(24)28)15-11-5-4-6-12(11)20-21-15/h7-9H,4-6H2,1-3H3,(H,20,21)(H,23,28)/b19-9+. The van der Waals surface area contributed by atoms with Crippen LogP contribution in [-0.4, -0.2) is 52.6 Å². The minimum absolute atomic E-state index is 0.383. The summed E-state index contributed by atoms with van der Waals surface area (Å²) in [7, 11) is 4.70. The lowest BCUT2D eigenvalue weighted by Crippen LogP contribution is -1.99. The molecule has 10 heteroatoms. The molecule has 0 bridgehead atoms. The summed E-state index contributed by atoms with van der Waals surface area (Å²) in [4.78, 5) is 0. The van der Waals surface area contributed by atoms with Gasteiger partial charge < -0.3 is 14.2 Å². The Morgan fingerprint density at radius 2 is 1.82 bits per heavy atom. The van der Waals surface area contributed by atoms with Crippen molar-refractivity contribution in [3.63, 3.8) is 0 Å². The van der Waals surface area contributed by atoms with Crippen LogP contribution >= 0.6 is 12.2 Å². The number of hydrogen-bond acceptors (Lipinski definition) is 7. The van der Waals surface area contributed by atoms with Gasteiger partial charge >= 0.3 is 0 Å². The highest BCUT2D eigenvalue weighted by atomic mass is 32.1. The van der Waals surface area contributed by atoms with Gasteiger partial charge in [-0.15, -0.1) is 0 Å². The Morgan fingerprint density at radius 3 is 2.50 bits per heavy atom. The van der Waals surface area contributed by atoms with Crippen LogP contribution in [-0.2, 0) is 12.8 Å². The van der Waals surface area contributed by atoms with Crippen molar-refractivity contribution in [3.05, 3.63) is 33.7 Å². The molecule has 1 aliphatic rings. The van der Waals surface area contributed by atoms with Crippen LogP contribution in [0, 0.1) is 4.77 Å². The summed E-state index contributed by atoms with van der Waals surface area (Å²) in [5.74, 6) is 2.19. The van der Waals surface area contributed by atoms with Gasteiger partial charge in [-0.3, -0.25) is 5.10 Å². The van der Waals surface area contributed by atoms with Crippen molar-refractivity contribution in [2.45, 2.75) is 19.3 Å². The number of ether oxygens (including phenoxy) is 3. The van der Waals surface area contributed by atoms with Crippen LogP contribution in [0.15, 0.2) is 17.2 Å².